The maximum absolute atomic E-state index is 12.3. The number of carbonyl (C=O) groups excluding carboxylic acids is 1. The number of likely N-dealkylation sites (tertiary alicyclic amines) is 1. The number of alkyl halides is 3. The summed E-state index contributed by atoms with van der Waals surface area (Å²) in [7, 11) is 0. The van der Waals surface area contributed by atoms with Crippen molar-refractivity contribution in [1.29, 1.82) is 0 Å². The van der Waals surface area contributed by atoms with E-state index in [1.165, 1.54) is 4.90 Å². The number of rotatable bonds is 6. The number of hydrogen-bond donors (Lipinski definition) is 2. The van der Waals surface area contributed by atoms with E-state index in [-0.39, 0.29) is 36.8 Å². The second kappa shape index (κ2) is 11.5. The van der Waals surface area contributed by atoms with E-state index < -0.39 is 12.7 Å². The van der Waals surface area contributed by atoms with Crippen LogP contribution >= 0.6 is 24.8 Å². The molecule has 0 aromatic carbocycles. The number of piperidine rings is 1. The van der Waals surface area contributed by atoms with Crippen LogP contribution in [0.5, 0.6) is 0 Å². The molecule has 1 amide bonds. The van der Waals surface area contributed by atoms with E-state index in [9.17, 15) is 18.0 Å². The molecule has 150 valence electrons. The summed E-state index contributed by atoms with van der Waals surface area (Å²) in [5.74, 6) is 0.774. The standard InChI is InChI=1S/C16H28F3N3O.2ClH/c17-16(18,19)11-22-8-5-12(6-9-22)4-7-21-15(23)10-13-2-1-3-14(13)20;;/h12-14H,1-11,20H2,(H,21,23);2*1H/t13-,14+;;/m0../s1. The molecule has 3 N–H and O–H groups in total. The van der Waals surface area contributed by atoms with Gasteiger partial charge in [-0.05, 0) is 57.0 Å². The zero-order valence-corrected chi connectivity index (χ0v) is 16.0. The summed E-state index contributed by atoms with van der Waals surface area (Å²) in [6, 6.07) is 0.152. The molecule has 2 atom stereocenters. The first-order valence-electron chi connectivity index (χ1n) is 8.65. The van der Waals surface area contributed by atoms with Gasteiger partial charge in [0.2, 0.25) is 5.91 Å². The molecule has 0 bridgehead atoms. The van der Waals surface area contributed by atoms with Crippen LogP contribution in [0, 0.1) is 11.8 Å². The summed E-state index contributed by atoms with van der Waals surface area (Å²) < 4.78 is 37.0. The lowest BCUT2D eigenvalue weighted by atomic mass is 9.93. The maximum Gasteiger partial charge on any atom is 0.401 e. The van der Waals surface area contributed by atoms with Crippen molar-refractivity contribution < 1.29 is 18.0 Å². The maximum atomic E-state index is 12.3. The Morgan fingerprint density at radius 2 is 1.76 bits per heavy atom. The van der Waals surface area contributed by atoms with Gasteiger partial charge in [0.05, 0.1) is 6.54 Å². The average molecular weight is 408 g/mol. The van der Waals surface area contributed by atoms with Gasteiger partial charge in [-0.2, -0.15) is 13.2 Å². The number of nitrogens with zero attached hydrogens (tertiary/aromatic N) is 1. The van der Waals surface area contributed by atoms with E-state index in [4.69, 9.17) is 5.73 Å². The Kier molecular flexibility index (Phi) is 11.4. The highest BCUT2D eigenvalue weighted by Gasteiger charge is 2.32. The van der Waals surface area contributed by atoms with Crippen LogP contribution in [0.1, 0.15) is 44.9 Å². The molecular weight excluding hydrogens is 378 g/mol. The van der Waals surface area contributed by atoms with Crippen LogP contribution in [0.15, 0.2) is 0 Å². The van der Waals surface area contributed by atoms with Gasteiger partial charge in [0.1, 0.15) is 0 Å². The van der Waals surface area contributed by atoms with Gasteiger partial charge in [0.15, 0.2) is 0 Å². The Hall–Kier alpha value is -0.240. The van der Waals surface area contributed by atoms with E-state index in [0.29, 0.717) is 37.9 Å². The first-order chi connectivity index (χ1) is 10.8. The van der Waals surface area contributed by atoms with Crippen molar-refractivity contribution in [2.24, 2.45) is 17.6 Å². The third-order valence-electron chi connectivity index (χ3n) is 5.15. The average Bonchev–Trinajstić information content (AvgIpc) is 2.84. The van der Waals surface area contributed by atoms with Crippen molar-refractivity contribution in [2.75, 3.05) is 26.2 Å². The SMILES string of the molecule is Cl.Cl.N[C@@H]1CCC[C@H]1CC(=O)NCCC1CCN(CC(F)(F)F)CC1. The second-order valence-corrected chi connectivity index (χ2v) is 7.03. The van der Waals surface area contributed by atoms with E-state index in [2.05, 4.69) is 5.32 Å². The number of halogens is 5. The lowest BCUT2D eigenvalue weighted by Crippen LogP contribution is -2.40. The van der Waals surface area contributed by atoms with Crippen molar-refractivity contribution in [3.8, 4) is 0 Å². The van der Waals surface area contributed by atoms with Crippen LogP contribution in [-0.4, -0.2) is 49.2 Å². The third-order valence-corrected chi connectivity index (χ3v) is 5.15. The van der Waals surface area contributed by atoms with Gasteiger partial charge in [0.25, 0.3) is 0 Å². The molecule has 0 unspecified atom stereocenters. The quantitative estimate of drug-likeness (QED) is 0.710. The molecule has 1 heterocycles. The van der Waals surface area contributed by atoms with E-state index in [0.717, 1.165) is 38.5 Å². The van der Waals surface area contributed by atoms with Gasteiger partial charge in [-0.1, -0.05) is 6.42 Å². The highest BCUT2D eigenvalue weighted by atomic mass is 35.5. The summed E-state index contributed by atoms with van der Waals surface area (Å²) in [6.45, 7) is 0.799. The van der Waals surface area contributed by atoms with Gasteiger partial charge >= 0.3 is 6.18 Å². The molecule has 2 fully saturated rings. The predicted octanol–water partition coefficient (Wildman–Crippen LogP) is 3.13. The molecule has 25 heavy (non-hydrogen) atoms. The lowest BCUT2D eigenvalue weighted by molar-refractivity contribution is -0.148. The Morgan fingerprint density at radius 1 is 1.12 bits per heavy atom. The van der Waals surface area contributed by atoms with E-state index in [1.807, 2.05) is 0 Å². The van der Waals surface area contributed by atoms with Crippen molar-refractivity contribution in [3.63, 3.8) is 0 Å². The minimum atomic E-state index is -4.11. The van der Waals surface area contributed by atoms with Crippen LogP contribution in [0.2, 0.25) is 0 Å². The number of nitrogens with two attached hydrogens (primary N) is 1. The van der Waals surface area contributed by atoms with E-state index in [1.54, 1.807) is 0 Å². The number of carbonyl (C=O) groups is 1. The van der Waals surface area contributed by atoms with Crippen LogP contribution in [0.25, 0.3) is 0 Å². The van der Waals surface area contributed by atoms with Crippen LogP contribution in [0.3, 0.4) is 0 Å². The van der Waals surface area contributed by atoms with Crippen molar-refractivity contribution in [2.45, 2.75) is 57.2 Å². The van der Waals surface area contributed by atoms with Gasteiger partial charge < -0.3 is 11.1 Å². The Balaban J connectivity index is 0.00000288. The molecule has 0 aromatic heterocycles. The van der Waals surface area contributed by atoms with Crippen molar-refractivity contribution in [1.82, 2.24) is 10.2 Å². The molecule has 4 nitrogen and oxygen atoms in total. The topological polar surface area (TPSA) is 58.4 Å². The smallest absolute Gasteiger partial charge is 0.356 e. The van der Waals surface area contributed by atoms with Crippen LogP contribution < -0.4 is 11.1 Å². The summed E-state index contributed by atoms with van der Waals surface area (Å²) in [4.78, 5) is 13.4. The number of amides is 1. The first kappa shape index (κ1) is 24.8. The summed E-state index contributed by atoms with van der Waals surface area (Å²) in [6.07, 6.45) is 1.95. The van der Waals surface area contributed by atoms with Gasteiger partial charge in [-0.25, -0.2) is 0 Å². The highest BCUT2D eigenvalue weighted by molar-refractivity contribution is 5.85. The van der Waals surface area contributed by atoms with Crippen LogP contribution in [-0.2, 0) is 4.79 Å². The fraction of sp³-hybridized carbons (Fsp3) is 0.938. The number of hydrogen-bond acceptors (Lipinski definition) is 3. The van der Waals surface area contributed by atoms with Gasteiger partial charge in [-0.15, -0.1) is 24.8 Å². The monoisotopic (exact) mass is 407 g/mol. The Bertz CT molecular complexity index is 391. The molecule has 1 aliphatic heterocycles. The summed E-state index contributed by atoms with van der Waals surface area (Å²) in [5.41, 5.74) is 5.96. The molecule has 1 saturated heterocycles. The summed E-state index contributed by atoms with van der Waals surface area (Å²) in [5, 5.41) is 2.94. The normalized spacial score (nSPS) is 25.1. The fourth-order valence-electron chi connectivity index (χ4n) is 3.73. The molecule has 1 aliphatic carbocycles. The Labute approximate surface area is 160 Å². The first-order valence-corrected chi connectivity index (χ1v) is 8.65. The lowest BCUT2D eigenvalue weighted by Gasteiger charge is -2.32. The Morgan fingerprint density at radius 3 is 2.28 bits per heavy atom. The zero-order chi connectivity index (χ0) is 16.9. The minimum Gasteiger partial charge on any atom is -0.356 e. The summed E-state index contributed by atoms with van der Waals surface area (Å²) >= 11 is 0. The van der Waals surface area contributed by atoms with Gasteiger partial charge in [0, 0.05) is 19.0 Å². The molecule has 9 heteroatoms. The molecule has 2 aliphatic rings. The highest BCUT2D eigenvalue weighted by Crippen LogP contribution is 2.27. The van der Waals surface area contributed by atoms with Crippen molar-refractivity contribution in [3.05, 3.63) is 0 Å². The minimum absolute atomic E-state index is 0. The largest absolute Gasteiger partial charge is 0.401 e. The van der Waals surface area contributed by atoms with E-state index >= 15 is 0 Å². The molecule has 0 radical (unpaired) electrons. The predicted molar refractivity (Wildman–Crippen MR) is 97.3 cm³/mol. The van der Waals surface area contributed by atoms with Crippen LogP contribution in [0.4, 0.5) is 13.2 Å². The molecule has 2 rings (SSSR count). The van der Waals surface area contributed by atoms with Gasteiger partial charge in [-0.3, -0.25) is 9.69 Å². The fourth-order valence-corrected chi connectivity index (χ4v) is 3.73. The molecule has 0 aromatic rings. The molecule has 1 saturated carbocycles. The third kappa shape index (κ3) is 9.31. The molecule has 0 spiro atoms. The number of nitrogens with one attached hydrogen (secondary N) is 1. The zero-order valence-electron chi connectivity index (χ0n) is 14.4. The van der Waals surface area contributed by atoms with Crippen molar-refractivity contribution >= 4 is 30.7 Å². The second-order valence-electron chi connectivity index (χ2n) is 7.03. The molecular formula is C16H30Cl2F3N3O.